The van der Waals surface area contributed by atoms with Crippen molar-refractivity contribution in [3.05, 3.63) is 71.8 Å². The molecule has 1 N–H and O–H groups in total. The monoisotopic (exact) mass is 409 g/mol. The van der Waals surface area contributed by atoms with E-state index in [-0.39, 0.29) is 5.91 Å². The van der Waals surface area contributed by atoms with Crippen LogP contribution in [0, 0.1) is 0 Å². The zero-order valence-electron chi connectivity index (χ0n) is 14.8. The predicted octanol–water partition coefficient (Wildman–Crippen LogP) is 5.66. The first-order valence-electron chi connectivity index (χ1n) is 8.69. The van der Waals surface area contributed by atoms with Crippen LogP contribution < -0.4 is 5.32 Å². The van der Waals surface area contributed by atoms with Gasteiger partial charge in [-0.3, -0.25) is 4.79 Å². The fourth-order valence-corrected chi connectivity index (χ4v) is 3.68. The average molecular weight is 410 g/mol. The van der Waals surface area contributed by atoms with Crippen LogP contribution in [0.5, 0.6) is 0 Å². The molecule has 0 radical (unpaired) electrons. The molecule has 1 aromatic heterocycles. The van der Waals surface area contributed by atoms with E-state index >= 15 is 0 Å². The van der Waals surface area contributed by atoms with Crippen molar-refractivity contribution >= 4 is 45.7 Å². The lowest BCUT2D eigenvalue weighted by Gasteiger charge is -2.06. The van der Waals surface area contributed by atoms with Crippen LogP contribution in [-0.4, -0.2) is 21.9 Å². The second kappa shape index (κ2) is 8.46. The van der Waals surface area contributed by atoms with Crippen molar-refractivity contribution in [2.24, 2.45) is 0 Å². The Morgan fingerprint density at radius 1 is 1.00 bits per heavy atom. The van der Waals surface area contributed by atoms with Crippen LogP contribution >= 0.6 is 23.4 Å². The molecular formula is C21H16ClN3O2S. The normalized spacial score (nSPS) is 10.9. The minimum Gasteiger partial charge on any atom is -0.411 e. The Bertz CT molecular complexity index is 1120. The maximum Gasteiger partial charge on any atom is 0.276 e. The number of rotatable bonds is 6. The number of benzene rings is 3. The third kappa shape index (κ3) is 4.18. The summed E-state index contributed by atoms with van der Waals surface area (Å²) in [6.07, 6.45) is 0.307. The number of hydrogen-bond acceptors (Lipinski definition) is 5. The van der Waals surface area contributed by atoms with Gasteiger partial charge in [-0.2, -0.15) is 0 Å². The van der Waals surface area contributed by atoms with Crippen molar-refractivity contribution in [3.63, 3.8) is 0 Å². The summed E-state index contributed by atoms with van der Waals surface area (Å²) >= 11 is 7.40. The van der Waals surface area contributed by atoms with Crippen LogP contribution in [-0.2, 0) is 4.79 Å². The van der Waals surface area contributed by atoms with Gasteiger partial charge in [-0.25, -0.2) is 0 Å². The molecule has 4 rings (SSSR count). The van der Waals surface area contributed by atoms with E-state index in [1.807, 2.05) is 54.6 Å². The van der Waals surface area contributed by atoms with Gasteiger partial charge in [-0.05, 0) is 29.0 Å². The van der Waals surface area contributed by atoms with Gasteiger partial charge in [0, 0.05) is 17.7 Å². The average Bonchev–Trinajstić information content (AvgIpc) is 3.18. The first kappa shape index (κ1) is 18.5. The van der Waals surface area contributed by atoms with Crippen LogP contribution in [0.25, 0.3) is 22.2 Å². The molecule has 0 saturated carbocycles. The van der Waals surface area contributed by atoms with Gasteiger partial charge in [0.2, 0.25) is 11.8 Å². The number of thioether (sulfide) groups is 1. The highest BCUT2D eigenvalue weighted by atomic mass is 35.5. The largest absolute Gasteiger partial charge is 0.411 e. The molecule has 0 saturated heterocycles. The molecule has 1 heterocycles. The summed E-state index contributed by atoms with van der Waals surface area (Å²) in [7, 11) is 0. The molecule has 28 heavy (non-hydrogen) atoms. The highest BCUT2D eigenvalue weighted by molar-refractivity contribution is 7.99. The molecule has 4 aromatic rings. The smallest absolute Gasteiger partial charge is 0.276 e. The molecule has 0 unspecified atom stereocenters. The Kier molecular flexibility index (Phi) is 5.60. The summed E-state index contributed by atoms with van der Waals surface area (Å²) in [5.41, 5.74) is 1.50. The quantitative estimate of drug-likeness (QED) is 0.416. The van der Waals surface area contributed by atoms with E-state index in [2.05, 4.69) is 15.5 Å². The topological polar surface area (TPSA) is 68.0 Å². The number of carbonyl (C=O) groups excluding carboxylic acids is 1. The fourth-order valence-electron chi connectivity index (χ4n) is 2.80. The van der Waals surface area contributed by atoms with Crippen molar-refractivity contribution in [1.82, 2.24) is 10.2 Å². The Morgan fingerprint density at radius 3 is 2.68 bits per heavy atom. The molecule has 1 amide bonds. The zero-order valence-corrected chi connectivity index (χ0v) is 16.3. The molecule has 7 heteroatoms. The van der Waals surface area contributed by atoms with Gasteiger partial charge in [-0.1, -0.05) is 71.9 Å². The summed E-state index contributed by atoms with van der Waals surface area (Å²) in [5, 5.41) is 14.2. The molecule has 0 aliphatic rings. The van der Waals surface area contributed by atoms with Crippen molar-refractivity contribution < 1.29 is 9.21 Å². The van der Waals surface area contributed by atoms with Crippen LogP contribution in [0.2, 0.25) is 5.02 Å². The van der Waals surface area contributed by atoms with E-state index < -0.39 is 0 Å². The lowest BCUT2D eigenvalue weighted by atomic mass is 10.0. The van der Waals surface area contributed by atoms with E-state index in [1.54, 1.807) is 12.1 Å². The molecule has 0 fully saturated rings. The number of halogens is 1. The van der Waals surface area contributed by atoms with E-state index in [4.69, 9.17) is 16.0 Å². The molecule has 0 spiro atoms. The summed E-state index contributed by atoms with van der Waals surface area (Å²) in [4.78, 5) is 12.1. The van der Waals surface area contributed by atoms with Crippen LogP contribution in [0.1, 0.15) is 6.42 Å². The Morgan fingerprint density at radius 2 is 1.79 bits per heavy atom. The SMILES string of the molecule is O=C(CCSc1nnc(-c2cccc3ccccc23)o1)Nc1ccccc1Cl. The summed E-state index contributed by atoms with van der Waals surface area (Å²) < 4.78 is 5.78. The number of amides is 1. The molecule has 3 aromatic carbocycles. The number of nitrogens with one attached hydrogen (secondary N) is 1. The van der Waals surface area contributed by atoms with Crippen molar-refractivity contribution in [2.45, 2.75) is 11.6 Å². The predicted molar refractivity (Wildman–Crippen MR) is 113 cm³/mol. The summed E-state index contributed by atoms with van der Waals surface area (Å²) in [6.45, 7) is 0. The maximum absolute atomic E-state index is 12.1. The number of anilines is 1. The van der Waals surface area contributed by atoms with Gasteiger partial charge in [0.1, 0.15) is 0 Å². The van der Waals surface area contributed by atoms with Gasteiger partial charge in [0.05, 0.1) is 10.7 Å². The van der Waals surface area contributed by atoms with Crippen molar-refractivity contribution in [2.75, 3.05) is 11.1 Å². The second-order valence-electron chi connectivity index (χ2n) is 6.03. The van der Waals surface area contributed by atoms with Crippen molar-refractivity contribution in [1.29, 1.82) is 0 Å². The van der Waals surface area contributed by atoms with E-state index in [9.17, 15) is 4.79 Å². The first-order chi connectivity index (χ1) is 13.7. The van der Waals surface area contributed by atoms with Gasteiger partial charge >= 0.3 is 0 Å². The lowest BCUT2D eigenvalue weighted by Crippen LogP contribution is -2.12. The van der Waals surface area contributed by atoms with Gasteiger partial charge in [0.25, 0.3) is 5.22 Å². The second-order valence-corrected chi connectivity index (χ2v) is 7.48. The highest BCUT2D eigenvalue weighted by Gasteiger charge is 2.13. The summed E-state index contributed by atoms with van der Waals surface area (Å²) in [5.74, 6) is 0.877. The number of fused-ring (bicyclic) bond motifs is 1. The van der Waals surface area contributed by atoms with Crippen LogP contribution in [0.15, 0.2) is 76.4 Å². The number of para-hydroxylation sites is 1. The Labute approximate surface area is 171 Å². The molecule has 5 nitrogen and oxygen atoms in total. The standard InChI is InChI=1S/C21H16ClN3O2S/c22-17-10-3-4-11-18(17)23-19(26)12-13-28-21-25-24-20(27-21)16-9-5-7-14-6-1-2-8-15(14)16/h1-11H,12-13H2,(H,23,26). The van der Waals surface area contributed by atoms with E-state index in [0.717, 1.165) is 16.3 Å². The van der Waals surface area contributed by atoms with E-state index in [0.29, 0.717) is 34.0 Å². The first-order valence-corrected chi connectivity index (χ1v) is 10.1. The van der Waals surface area contributed by atoms with Gasteiger partial charge in [-0.15, -0.1) is 10.2 Å². The van der Waals surface area contributed by atoms with Crippen molar-refractivity contribution in [3.8, 4) is 11.5 Å². The third-order valence-electron chi connectivity index (χ3n) is 4.13. The Hall–Kier alpha value is -2.83. The molecule has 0 bridgehead atoms. The fraction of sp³-hybridized carbons (Fsp3) is 0.0952. The molecule has 0 aliphatic heterocycles. The number of hydrogen-bond donors (Lipinski definition) is 1. The van der Waals surface area contributed by atoms with Gasteiger partial charge in [0.15, 0.2) is 0 Å². The third-order valence-corrected chi connectivity index (χ3v) is 5.28. The zero-order chi connectivity index (χ0) is 19.3. The Balaban J connectivity index is 1.38. The highest BCUT2D eigenvalue weighted by Crippen LogP contribution is 2.29. The molecule has 0 atom stereocenters. The molecule has 0 aliphatic carbocycles. The molecule has 140 valence electrons. The lowest BCUT2D eigenvalue weighted by molar-refractivity contribution is -0.115. The summed E-state index contributed by atoms with van der Waals surface area (Å²) in [6, 6.07) is 21.2. The number of aromatic nitrogens is 2. The maximum atomic E-state index is 12.1. The minimum absolute atomic E-state index is 0.116. The van der Waals surface area contributed by atoms with Gasteiger partial charge < -0.3 is 9.73 Å². The minimum atomic E-state index is -0.116. The van der Waals surface area contributed by atoms with E-state index in [1.165, 1.54) is 11.8 Å². The van der Waals surface area contributed by atoms with Crippen LogP contribution in [0.3, 0.4) is 0 Å². The number of carbonyl (C=O) groups is 1. The van der Waals surface area contributed by atoms with Crippen LogP contribution in [0.4, 0.5) is 5.69 Å². The molecular weight excluding hydrogens is 394 g/mol. The number of nitrogens with zero attached hydrogens (tertiary/aromatic N) is 2.